The van der Waals surface area contributed by atoms with Crippen LogP contribution in [0.2, 0.25) is 0 Å². The first-order valence-corrected chi connectivity index (χ1v) is 4.43. The van der Waals surface area contributed by atoms with Crippen LogP contribution in [0.4, 0.5) is 4.39 Å². The third-order valence-electron chi connectivity index (χ3n) is 2.60. The number of hydrogen-bond acceptors (Lipinski definition) is 3. The van der Waals surface area contributed by atoms with Crippen molar-refractivity contribution < 1.29 is 14.2 Å². The Balaban J connectivity index is 2.48. The number of hydrogen-bond donors (Lipinski definition) is 2. The highest BCUT2D eigenvalue weighted by Gasteiger charge is 2.40. The van der Waals surface area contributed by atoms with Crippen molar-refractivity contribution in [2.75, 3.05) is 7.11 Å². The number of rotatable bonds is 2. The minimum atomic E-state index is -0.736. The van der Waals surface area contributed by atoms with Crippen molar-refractivity contribution in [3.63, 3.8) is 0 Å². The van der Waals surface area contributed by atoms with Gasteiger partial charge in [-0.3, -0.25) is 0 Å². The fraction of sp³-hybridized carbons (Fsp3) is 0.400. The molecule has 1 aliphatic rings. The molecule has 0 bridgehead atoms. The summed E-state index contributed by atoms with van der Waals surface area (Å²) < 4.78 is 18.0. The van der Waals surface area contributed by atoms with Crippen LogP contribution in [0.1, 0.15) is 18.4 Å². The fourth-order valence-corrected chi connectivity index (χ4v) is 1.44. The summed E-state index contributed by atoms with van der Waals surface area (Å²) in [7, 11) is 1.36. The van der Waals surface area contributed by atoms with Gasteiger partial charge in [0.1, 0.15) is 0 Å². The van der Waals surface area contributed by atoms with E-state index in [0.717, 1.165) is 18.4 Å². The predicted molar refractivity (Wildman–Crippen MR) is 49.7 cm³/mol. The fourth-order valence-electron chi connectivity index (χ4n) is 1.44. The number of methoxy groups -OCH3 is 1. The average Bonchev–Trinajstić information content (AvgIpc) is 2.89. The van der Waals surface area contributed by atoms with E-state index >= 15 is 0 Å². The van der Waals surface area contributed by atoms with Gasteiger partial charge in [0.15, 0.2) is 11.5 Å². The van der Waals surface area contributed by atoms with Crippen LogP contribution in [0, 0.1) is 5.82 Å². The molecule has 0 atom stereocenters. The van der Waals surface area contributed by atoms with E-state index in [0.29, 0.717) is 0 Å². The number of phenols is 1. The standard InChI is InChI=1S/C10H12FNO2/c1-14-8-5-6(10(12)2-3-10)4-7(13)9(8)11/h4-5,13H,2-3,12H2,1H3. The van der Waals surface area contributed by atoms with Gasteiger partial charge >= 0.3 is 0 Å². The Labute approximate surface area is 81.3 Å². The first-order valence-electron chi connectivity index (χ1n) is 4.43. The molecule has 0 aliphatic heterocycles. The second-order valence-electron chi connectivity index (χ2n) is 3.67. The van der Waals surface area contributed by atoms with Gasteiger partial charge in [0.2, 0.25) is 5.82 Å². The zero-order valence-electron chi connectivity index (χ0n) is 7.88. The van der Waals surface area contributed by atoms with E-state index in [1.54, 1.807) is 6.07 Å². The summed E-state index contributed by atoms with van der Waals surface area (Å²) in [4.78, 5) is 0. The molecular weight excluding hydrogens is 185 g/mol. The van der Waals surface area contributed by atoms with Gasteiger partial charge in [-0.25, -0.2) is 0 Å². The molecule has 4 heteroatoms. The lowest BCUT2D eigenvalue weighted by Crippen LogP contribution is -2.18. The molecule has 3 N–H and O–H groups in total. The highest BCUT2D eigenvalue weighted by molar-refractivity contribution is 5.44. The van der Waals surface area contributed by atoms with Crippen LogP contribution in [0.25, 0.3) is 0 Å². The third-order valence-corrected chi connectivity index (χ3v) is 2.60. The lowest BCUT2D eigenvalue weighted by molar-refractivity contribution is 0.362. The summed E-state index contributed by atoms with van der Waals surface area (Å²) in [6.45, 7) is 0. The molecule has 76 valence electrons. The number of nitrogens with two attached hydrogens (primary N) is 1. The van der Waals surface area contributed by atoms with E-state index in [1.165, 1.54) is 13.2 Å². The first-order chi connectivity index (χ1) is 6.57. The monoisotopic (exact) mass is 197 g/mol. The highest BCUT2D eigenvalue weighted by atomic mass is 19.1. The van der Waals surface area contributed by atoms with E-state index in [-0.39, 0.29) is 5.75 Å². The molecule has 1 aromatic rings. The molecule has 0 spiro atoms. The summed E-state index contributed by atoms with van der Waals surface area (Å²) in [6.07, 6.45) is 1.72. The normalized spacial score (nSPS) is 17.9. The Morgan fingerprint density at radius 3 is 2.64 bits per heavy atom. The van der Waals surface area contributed by atoms with E-state index in [4.69, 9.17) is 10.5 Å². The van der Waals surface area contributed by atoms with Crippen LogP contribution >= 0.6 is 0 Å². The van der Waals surface area contributed by atoms with Gasteiger partial charge in [-0.05, 0) is 30.5 Å². The summed E-state index contributed by atoms with van der Waals surface area (Å²) >= 11 is 0. The topological polar surface area (TPSA) is 55.5 Å². The molecular formula is C10H12FNO2. The molecule has 1 aliphatic carbocycles. The number of ether oxygens (including phenoxy) is 1. The number of phenolic OH excluding ortho intramolecular Hbond substituents is 1. The van der Waals surface area contributed by atoms with Crippen LogP contribution in [-0.2, 0) is 5.54 Å². The second kappa shape index (κ2) is 2.85. The van der Waals surface area contributed by atoms with Crippen molar-refractivity contribution in [3.05, 3.63) is 23.5 Å². The Morgan fingerprint density at radius 2 is 2.14 bits per heavy atom. The molecule has 1 aromatic carbocycles. The maximum absolute atomic E-state index is 13.2. The second-order valence-corrected chi connectivity index (χ2v) is 3.67. The molecule has 14 heavy (non-hydrogen) atoms. The molecule has 1 fully saturated rings. The first kappa shape index (κ1) is 9.27. The molecule has 2 rings (SSSR count). The summed E-state index contributed by atoms with van der Waals surface area (Å²) in [5.41, 5.74) is 6.26. The Morgan fingerprint density at radius 1 is 1.50 bits per heavy atom. The van der Waals surface area contributed by atoms with E-state index in [1.807, 2.05) is 0 Å². The summed E-state index contributed by atoms with van der Waals surface area (Å²) in [5.74, 6) is -1.10. The molecule has 3 nitrogen and oxygen atoms in total. The maximum Gasteiger partial charge on any atom is 0.206 e. The minimum absolute atomic E-state index is 0.0386. The average molecular weight is 197 g/mol. The smallest absolute Gasteiger partial charge is 0.206 e. The Kier molecular flexibility index (Phi) is 1.89. The number of benzene rings is 1. The number of halogens is 1. The lowest BCUT2D eigenvalue weighted by atomic mass is 10.0. The Bertz CT molecular complexity index is 375. The van der Waals surface area contributed by atoms with Crippen molar-refractivity contribution in [2.24, 2.45) is 5.73 Å². The SMILES string of the molecule is COc1cc(C2(N)CC2)cc(O)c1F. The highest BCUT2D eigenvalue weighted by Crippen LogP contribution is 2.45. The molecule has 0 aromatic heterocycles. The van der Waals surface area contributed by atoms with Crippen molar-refractivity contribution in [1.29, 1.82) is 0 Å². The molecule has 0 saturated heterocycles. The van der Waals surface area contributed by atoms with Crippen LogP contribution in [0.15, 0.2) is 12.1 Å². The molecule has 0 radical (unpaired) electrons. The van der Waals surface area contributed by atoms with Gasteiger partial charge in [-0.2, -0.15) is 4.39 Å². The summed E-state index contributed by atoms with van der Waals surface area (Å²) in [5, 5.41) is 9.29. The summed E-state index contributed by atoms with van der Waals surface area (Å²) in [6, 6.07) is 2.91. The zero-order valence-corrected chi connectivity index (χ0v) is 7.88. The maximum atomic E-state index is 13.2. The van der Waals surface area contributed by atoms with Crippen LogP contribution < -0.4 is 10.5 Å². The van der Waals surface area contributed by atoms with E-state index < -0.39 is 17.1 Å². The van der Waals surface area contributed by atoms with Crippen LogP contribution in [0.3, 0.4) is 0 Å². The quantitative estimate of drug-likeness (QED) is 0.755. The largest absolute Gasteiger partial charge is 0.505 e. The Hall–Kier alpha value is -1.29. The van der Waals surface area contributed by atoms with Crippen molar-refractivity contribution in [1.82, 2.24) is 0 Å². The van der Waals surface area contributed by atoms with Crippen molar-refractivity contribution in [2.45, 2.75) is 18.4 Å². The van der Waals surface area contributed by atoms with Gasteiger partial charge in [0.05, 0.1) is 7.11 Å². The lowest BCUT2D eigenvalue weighted by Gasteiger charge is -2.12. The van der Waals surface area contributed by atoms with Gasteiger partial charge < -0.3 is 15.6 Å². The third kappa shape index (κ3) is 1.32. The number of aromatic hydroxyl groups is 1. The van der Waals surface area contributed by atoms with Gasteiger partial charge in [-0.15, -0.1) is 0 Å². The molecule has 0 unspecified atom stereocenters. The van der Waals surface area contributed by atoms with Gasteiger partial charge in [0.25, 0.3) is 0 Å². The predicted octanol–water partition coefficient (Wildman–Crippen LogP) is 1.49. The van der Waals surface area contributed by atoms with Gasteiger partial charge in [0, 0.05) is 5.54 Å². The minimum Gasteiger partial charge on any atom is -0.505 e. The molecule has 1 saturated carbocycles. The molecule has 0 heterocycles. The van der Waals surface area contributed by atoms with Gasteiger partial charge in [-0.1, -0.05) is 0 Å². The van der Waals surface area contributed by atoms with Crippen molar-refractivity contribution >= 4 is 0 Å². The van der Waals surface area contributed by atoms with E-state index in [2.05, 4.69) is 0 Å². The van der Waals surface area contributed by atoms with E-state index in [9.17, 15) is 9.50 Å². The molecule has 0 amide bonds. The van der Waals surface area contributed by atoms with Crippen LogP contribution in [0.5, 0.6) is 11.5 Å². The van der Waals surface area contributed by atoms with Crippen molar-refractivity contribution in [3.8, 4) is 11.5 Å². The zero-order chi connectivity index (χ0) is 10.3. The van der Waals surface area contributed by atoms with Crippen LogP contribution in [-0.4, -0.2) is 12.2 Å².